The zero-order valence-electron chi connectivity index (χ0n) is 7.60. The summed E-state index contributed by atoms with van der Waals surface area (Å²) < 4.78 is 0. The van der Waals surface area contributed by atoms with Crippen LogP contribution < -0.4 is 11.1 Å². The van der Waals surface area contributed by atoms with Crippen LogP contribution in [-0.4, -0.2) is 4.98 Å². The maximum absolute atomic E-state index is 5.61. The summed E-state index contributed by atoms with van der Waals surface area (Å²) in [7, 11) is 0. The van der Waals surface area contributed by atoms with Gasteiger partial charge >= 0.3 is 0 Å². The first kappa shape index (κ1) is 9.02. The number of nitrogens with one attached hydrogen (secondary N) is 1. The molecule has 0 amide bonds. The third-order valence-electron chi connectivity index (χ3n) is 1.84. The lowest BCUT2D eigenvalue weighted by atomic mass is 10.3. The molecular weight excluding hydrogens is 194 g/mol. The number of thiophene rings is 1. The Morgan fingerprint density at radius 2 is 2.36 bits per heavy atom. The Bertz CT molecular complexity index is 398. The van der Waals surface area contributed by atoms with Crippen LogP contribution in [0, 0.1) is 0 Å². The van der Waals surface area contributed by atoms with Crippen molar-refractivity contribution in [3.63, 3.8) is 0 Å². The standard InChI is InChI=1S/C10H11N3S/c11-9-3-10(6-12-5-9)13-4-8-1-2-14-7-8/h1-3,5-7,13H,4,11H2. The largest absolute Gasteiger partial charge is 0.397 e. The minimum absolute atomic E-state index is 0.681. The van der Waals surface area contributed by atoms with Crippen LogP contribution in [0.1, 0.15) is 5.56 Å². The zero-order valence-corrected chi connectivity index (χ0v) is 8.42. The van der Waals surface area contributed by atoms with Gasteiger partial charge in [-0.3, -0.25) is 4.98 Å². The smallest absolute Gasteiger partial charge is 0.0550 e. The van der Waals surface area contributed by atoms with Gasteiger partial charge < -0.3 is 11.1 Å². The van der Waals surface area contributed by atoms with Gasteiger partial charge in [-0.15, -0.1) is 0 Å². The van der Waals surface area contributed by atoms with E-state index >= 15 is 0 Å². The molecule has 0 aliphatic heterocycles. The lowest BCUT2D eigenvalue weighted by molar-refractivity contribution is 1.15. The van der Waals surface area contributed by atoms with Crippen LogP contribution in [0.15, 0.2) is 35.3 Å². The highest BCUT2D eigenvalue weighted by atomic mass is 32.1. The molecule has 0 radical (unpaired) electrons. The summed E-state index contributed by atoms with van der Waals surface area (Å²) in [6.45, 7) is 0.814. The molecule has 2 aromatic heterocycles. The fourth-order valence-corrected chi connectivity index (χ4v) is 1.82. The van der Waals surface area contributed by atoms with Crippen molar-refractivity contribution in [2.24, 2.45) is 0 Å². The van der Waals surface area contributed by atoms with E-state index in [1.807, 2.05) is 6.07 Å². The van der Waals surface area contributed by atoms with E-state index in [0.29, 0.717) is 5.69 Å². The van der Waals surface area contributed by atoms with Gasteiger partial charge in [-0.25, -0.2) is 0 Å². The SMILES string of the molecule is Nc1cncc(NCc2ccsc2)c1. The number of rotatable bonds is 3. The van der Waals surface area contributed by atoms with Crippen LogP contribution in [0.5, 0.6) is 0 Å². The van der Waals surface area contributed by atoms with Crippen molar-refractivity contribution in [2.45, 2.75) is 6.54 Å². The Balaban J connectivity index is 1.98. The fourth-order valence-electron chi connectivity index (χ4n) is 1.15. The average molecular weight is 205 g/mol. The van der Waals surface area contributed by atoms with Crippen molar-refractivity contribution in [2.75, 3.05) is 11.1 Å². The Labute approximate surface area is 86.6 Å². The molecule has 0 atom stereocenters. The van der Waals surface area contributed by atoms with E-state index in [4.69, 9.17) is 5.73 Å². The van der Waals surface area contributed by atoms with Gasteiger partial charge in [-0.05, 0) is 28.5 Å². The molecule has 72 valence electrons. The molecule has 3 N–H and O–H groups in total. The van der Waals surface area contributed by atoms with E-state index in [-0.39, 0.29) is 0 Å². The summed E-state index contributed by atoms with van der Waals surface area (Å²) in [5, 5.41) is 7.43. The molecule has 0 bridgehead atoms. The molecule has 4 heteroatoms. The van der Waals surface area contributed by atoms with E-state index in [0.717, 1.165) is 12.2 Å². The molecule has 2 heterocycles. The second kappa shape index (κ2) is 4.11. The van der Waals surface area contributed by atoms with Gasteiger partial charge in [0.25, 0.3) is 0 Å². The maximum atomic E-state index is 5.61. The van der Waals surface area contributed by atoms with Crippen LogP contribution in [0.2, 0.25) is 0 Å². The predicted molar refractivity (Wildman–Crippen MR) is 60.3 cm³/mol. The number of pyridine rings is 1. The summed E-state index contributed by atoms with van der Waals surface area (Å²) >= 11 is 1.70. The summed E-state index contributed by atoms with van der Waals surface area (Å²) in [4.78, 5) is 4.00. The fraction of sp³-hybridized carbons (Fsp3) is 0.100. The first-order chi connectivity index (χ1) is 6.84. The van der Waals surface area contributed by atoms with Crippen LogP contribution in [0.3, 0.4) is 0 Å². The zero-order chi connectivity index (χ0) is 9.80. The lowest BCUT2D eigenvalue weighted by Crippen LogP contribution is -1.99. The first-order valence-electron chi connectivity index (χ1n) is 4.30. The number of hydrogen-bond acceptors (Lipinski definition) is 4. The van der Waals surface area contributed by atoms with Crippen LogP contribution in [-0.2, 0) is 6.54 Å². The molecule has 0 aromatic carbocycles. The Morgan fingerprint density at radius 3 is 3.07 bits per heavy atom. The normalized spacial score (nSPS) is 10.0. The topological polar surface area (TPSA) is 50.9 Å². The number of nitrogen functional groups attached to an aromatic ring is 1. The number of aromatic nitrogens is 1. The summed E-state index contributed by atoms with van der Waals surface area (Å²) in [6.07, 6.45) is 3.40. The van der Waals surface area contributed by atoms with Gasteiger partial charge in [0.05, 0.1) is 17.6 Å². The third-order valence-corrected chi connectivity index (χ3v) is 2.57. The number of nitrogens with zero attached hydrogens (tertiary/aromatic N) is 1. The molecule has 0 spiro atoms. The van der Waals surface area contributed by atoms with Gasteiger partial charge in [0.1, 0.15) is 0 Å². The molecular formula is C10H11N3S. The lowest BCUT2D eigenvalue weighted by Gasteiger charge is -2.04. The quantitative estimate of drug-likeness (QED) is 0.808. The van der Waals surface area contributed by atoms with Crippen LogP contribution >= 0.6 is 11.3 Å². The number of hydrogen-bond donors (Lipinski definition) is 2. The van der Waals surface area contributed by atoms with Gasteiger partial charge in [0.15, 0.2) is 0 Å². The van der Waals surface area contributed by atoms with E-state index in [2.05, 4.69) is 27.1 Å². The first-order valence-corrected chi connectivity index (χ1v) is 5.24. The van der Waals surface area contributed by atoms with Crippen molar-refractivity contribution >= 4 is 22.7 Å². The highest BCUT2D eigenvalue weighted by molar-refractivity contribution is 7.07. The van der Waals surface area contributed by atoms with Gasteiger partial charge in [-0.1, -0.05) is 0 Å². The summed E-state index contributed by atoms with van der Waals surface area (Å²) in [5.74, 6) is 0. The minimum atomic E-state index is 0.681. The van der Waals surface area contributed by atoms with Gasteiger partial charge in [0.2, 0.25) is 0 Å². The van der Waals surface area contributed by atoms with Crippen molar-refractivity contribution < 1.29 is 0 Å². The molecule has 0 aliphatic rings. The second-order valence-electron chi connectivity index (χ2n) is 2.99. The van der Waals surface area contributed by atoms with Gasteiger partial charge in [0, 0.05) is 12.7 Å². The Morgan fingerprint density at radius 1 is 1.43 bits per heavy atom. The Hall–Kier alpha value is -1.55. The molecule has 2 rings (SSSR count). The van der Waals surface area contributed by atoms with E-state index in [1.165, 1.54) is 5.56 Å². The molecule has 0 saturated heterocycles. The average Bonchev–Trinajstić information content (AvgIpc) is 2.67. The summed E-state index contributed by atoms with van der Waals surface area (Å²) in [6, 6.07) is 3.97. The molecule has 0 fully saturated rings. The van der Waals surface area contributed by atoms with Crippen LogP contribution in [0.25, 0.3) is 0 Å². The van der Waals surface area contributed by atoms with Crippen molar-refractivity contribution in [3.8, 4) is 0 Å². The molecule has 3 nitrogen and oxygen atoms in total. The highest BCUT2D eigenvalue weighted by Crippen LogP contribution is 2.12. The van der Waals surface area contributed by atoms with Crippen molar-refractivity contribution in [1.82, 2.24) is 4.98 Å². The van der Waals surface area contributed by atoms with Crippen molar-refractivity contribution in [3.05, 3.63) is 40.8 Å². The number of nitrogens with two attached hydrogens (primary N) is 1. The predicted octanol–water partition coefficient (Wildman–Crippen LogP) is 2.34. The third kappa shape index (κ3) is 2.23. The number of anilines is 2. The van der Waals surface area contributed by atoms with E-state index < -0.39 is 0 Å². The summed E-state index contributed by atoms with van der Waals surface area (Å²) in [5.41, 5.74) is 8.52. The molecule has 2 aromatic rings. The van der Waals surface area contributed by atoms with Gasteiger partial charge in [-0.2, -0.15) is 11.3 Å². The maximum Gasteiger partial charge on any atom is 0.0550 e. The molecule has 14 heavy (non-hydrogen) atoms. The molecule has 0 unspecified atom stereocenters. The van der Waals surface area contributed by atoms with Crippen LogP contribution in [0.4, 0.5) is 11.4 Å². The highest BCUT2D eigenvalue weighted by Gasteiger charge is 1.94. The monoisotopic (exact) mass is 205 g/mol. The van der Waals surface area contributed by atoms with E-state index in [9.17, 15) is 0 Å². The molecule has 0 aliphatic carbocycles. The minimum Gasteiger partial charge on any atom is -0.397 e. The molecule has 0 saturated carbocycles. The Kier molecular flexibility index (Phi) is 2.65. The van der Waals surface area contributed by atoms with Crippen molar-refractivity contribution in [1.29, 1.82) is 0 Å². The second-order valence-corrected chi connectivity index (χ2v) is 3.77. The van der Waals surface area contributed by atoms with E-state index in [1.54, 1.807) is 23.7 Å².